The fourth-order valence-electron chi connectivity index (χ4n) is 3.15. The molecule has 1 atom stereocenters. The molecule has 0 aliphatic carbocycles. The summed E-state index contributed by atoms with van der Waals surface area (Å²) in [5.74, 6) is 0.896. The van der Waals surface area contributed by atoms with Gasteiger partial charge >= 0.3 is 0 Å². The van der Waals surface area contributed by atoms with Crippen LogP contribution in [0, 0.1) is 0 Å². The quantitative estimate of drug-likeness (QED) is 0.892. The summed E-state index contributed by atoms with van der Waals surface area (Å²) in [5.41, 5.74) is 2.48. The molecule has 1 saturated heterocycles. The van der Waals surface area contributed by atoms with Crippen LogP contribution in [-0.2, 0) is 6.42 Å². The Hall–Kier alpha value is -1.52. The summed E-state index contributed by atoms with van der Waals surface area (Å²) >= 11 is 0. The van der Waals surface area contributed by atoms with E-state index >= 15 is 0 Å². The highest BCUT2D eigenvalue weighted by Crippen LogP contribution is 2.25. The fraction of sp³-hybridized carbons (Fsp3) is 0.556. The minimum atomic E-state index is 0.279. The number of likely N-dealkylation sites (tertiary alicyclic amines) is 1. The molecule has 0 bridgehead atoms. The van der Waals surface area contributed by atoms with Gasteiger partial charge in [-0.3, -0.25) is 4.90 Å². The van der Waals surface area contributed by atoms with Crippen molar-refractivity contribution >= 4 is 10.9 Å². The first-order valence-corrected chi connectivity index (χ1v) is 8.30. The third-order valence-electron chi connectivity index (χ3n) is 4.35. The minimum absolute atomic E-state index is 0.279. The van der Waals surface area contributed by atoms with E-state index in [0.29, 0.717) is 6.04 Å². The van der Waals surface area contributed by atoms with Crippen LogP contribution >= 0.6 is 0 Å². The van der Waals surface area contributed by atoms with E-state index in [0.717, 1.165) is 37.2 Å². The van der Waals surface area contributed by atoms with Crippen molar-refractivity contribution in [1.29, 1.82) is 0 Å². The number of hydrogen-bond acceptors (Lipinski definition) is 3. The lowest BCUT2D eigenvalue weighted by Gasteiger charge is -2.22. The Bertz CT molecular complexity index is 579. The van der Waals surface area contributed by atoms with E-state index in [9.17, 15) is 5.11 Å². The van der Waals surface area contributed by atoms with Crippen LogP contribution in [0.1, 0.15) is 32.3 Å². The molecular weight excluding hydrogens is 276 g/mol. The van der Waals surface area contributed by atoms with Gasteiger partial charge in [0.15, 0.2) is 0 Å². The smallest absolute Gasteiger partial charge is 0.119 e. The largest absolute Gasteiger partial charge is 0.497 e. The molecule has 22 heavy (non-hydrogen) atoms. The number of methoxy groups -OCH3 is 1. The fourth-order valence-corrected chi connectivity index (χ4v) is 3.15. The molecule has 122 valence electrons. The molecule has 3 rings (SSSR count). The maximum atomic E-state index is 9.37. The van der Waals surface area contributed by atoms with Gasteiger partial charge in [-0.1, -0.05) is 13.8 Å². The zero-order valence-corrected chi connectivity index (χ0v) is 13.9. The number of aliphatic hydroxyl groups is 1. The minimum Gasteiger partial charge on any atom is -0.497 e. The summed E-state index contributed by atoms with van der Waals surface area (Å²) in [5, 5.41) is 10.6. The number of aromatic amines is 1. The summed E-state index contributed by atoms with van der Waals surface area (Å²) in [7, 11) is 1.70. The second-order valence-corrected chi connectivity index (χ2v) is 5.49. The molecule has 1 aliphatic heterocycles. The van der Waals surface area contributed by atoms with E-state index in [4.69, 9.17) is 4.74 Å². The highest BCUT2D eigenvalue weighted by atomic mass is 16.5. The predicted octanol–water partition coefficient (Wildman–Crippen LogP) is 3.20. The Morgan fingerprint density at radius 2 is 2.18 bits per heavy atom. The van der Waals surface area contributed by atoms with E-state index in [1.165, 1.54) is 17.4 Å². The number of aliphatic hydroxyl groups excluding tert-OH is 1. The standard InChI is InChI=1S/C16H22N2O2.C2H6/c1-20-14-4-5-16-15(9-14)12(10-17-16)6-8-18-7-2-3-13(18)11-19;1-2/h4-5,9-10,13,17,19H,2-3,6-8,11H2,1H3;1-2H3. The number of aromatic nitrogens is 1. The Balaban J connectivity index is 0.000000847. The number of nitrogens with one attached hydrogen (secondary N) is 1. The highest BCUT2D eigenvalue weighted by Gasteiger charge is 2.23. The molecule has 2 N–H and O–H groups in total. The van der Waals surface area contributed by atoms with Gasteiger partial charge in [-0.15, -0.1) is 0 Å². The normalized spacial score (nSPS) is 18.3. The summed E-state index contributed by atoms with van der Waals surface area (Å²) < 4.78 is 5.30. The van der Waals surface area contributed by atoms with Crippen molar-refractivity contribution in [2.45, 2.75) is 39.2 Å². The number of fused-ring (bicyclic) bond motifs is 1. The third kappa shape index (κ3) is 3.62. The summed E-state index contributed by atoms with van der Waals surface area (Å²) in [6.07, 6.45) is 5.42. The summed E-state index contributed by atoms with van der Waals surface area (Å²) in [4.78, 5) is 5.72. The Morgan fingerprint density at radius 3 is 2.91 bits per heavy atom. The molecule has 0 amide bonds. The van der Waals surface area contributed by atoms with Crippen LogP contribution in [0.15, 0.2) is 24.4 Å². The molecule has 4 heteroatoms. The van der Waals surface area contributed by atoms with Crippen molar-refractivity contribution in [3.63, 3.8) is 0 Å². The predicted molar refractivity (Wildman–Crippen MR) is 91.6 cm³/mol. The second kappa shape index (κ2) is 8.20. The van der Waals surface area contributed by atoms with Crippen LogP contribution in [0.3, 0.4) is 0 Å². The first-order valence-electron chi connectivity index (χ1n) is 8.30. The lowest BCUT2D eigenvalue weighted by molar-refractivity contribution is 0.160. The van der Waals surface area contributed by atoms with E-state index in [1.807, 2.05) is 19.9 Å². The molecule has 1 fully saturated rings. The number of ether oxygens (including phenoxy) is 1. The highest BCUT2D eigenvalue weighted by molar-refractivity contribution is 5.84. The van der Waals surface area contributed by atoms with Crippen molar-refractivity contribution in [1.82, 2.24) is 9.88 Å². The number of rotatable bonds is 5. The molecule has 2 aromatic rings. The number of benzene rings is 1. The van der Waals surface area contributed by atoms with Gasteiger partial charge in [0.25, 0.3) is 0 Å². The molecule has 1 aliphatic rings. The molecule has 2 heterocycles. The number of nitrogens with zero attached hydrogens (tertiary/aromatic N) is 1. The van der Waals surface area contributed by atoms with Crippen LogP contribution in [0.4, 0.5) is 0 Å². The SMILES string of the molecule is CC.COc1ccc2[nH]cc(CCN3CCCC3CO)c2c1. The number of H-pyrrole nitrogens is 1. The van der Waals surface area contributed by atoms with Gasteiger partial charge in [0.2, 0.25) is 0 Å². The van der Waals surface area contributed by atoms with Crippen molar-refractivity contribution in [3.8, 4) is 5.75 Å². The van der Waals surface area contributed by atoms with Crippen molar-refractivity contribution in [2.75, 3.05) is 26.8 Å². The van der Waals surface area contributed by atoms with Crippen molar-refractivity contribution in [2.24, 2.45) is 0 Å². The van der Waals surface area contributed by atoms with E-state index < -0.39 is 0 Å². The first-order chi connectivity index (χ1) is 10.8. The Kier molecular flexibility index (Phi) is 6.28. The van der Waals surface area contributed by atoms with E-state index in [2.05, 4.69) is 28.2 Å². The van der Waals surface area contributed by atoms with Gasteiger partial charge < -0.3 is 14.8 Å². The lowest BCUT2D eigenvalue weighted by atomic mass is 10.1. The van der Waals surface area contributed by atoms with Gasteiger partial charge in [0, 0.05) is 29.7 Å². The molecular formula is C18H28N2O2. The van der Waals surface area contributed by atoms with Gasteiger partial charge in [0.1, 0.15) is 5.75 Å². The molecule has 0 radical (unpaired) electrons. The van der Waals surface area contributed by atoms with Crippen LogP contribution in [0.5, 0.6) is 5.75 Å². The van der Waals surface area contributed by atoms with Crippen LogP contribution in [-0.4, -0.2) is 47.8 Å². The van der Waals surface area contributed by atoms with E-state index in [1.54, 1.807) is 7.11 Å². The zero-order chi connectivity index (χ0) is 15.9. The molecule has 1 unspecified atom stereocenters. The second-order valence-electron chi connectivity index (χ2n) is 5.49. The first kappa shape index (κ1) is 16.8. The third-order valence-corrected chi connectivity index (χ3v) is 4.35. The monoisotopic (exact) mass is 304 g/mol. The van der Waals surface area contributed by atoms with Gasteiger partial charge in [-0.05, 0) is 49.6 Å². The molecule has 1 aromatic heterocycles. The maximum absolute atomic E-state index is 9.37. The van der Waals surface area contributed by atoms with Gasteiger partial charge in [-0.25, -0.2) is 0 Å². The molecule has 0 saturated carbocycles. The molecule has 0 spiro atoms. The molecule has 4 nitrogen and oxygen atoms in total. The lowest BCUT2D eigenvalue weighted by Crippen LogP contribution is -2.33. The Labute approximate surface area is 133 Å². The summed E-state index contributed by atoms with van der Waals surface area (Å²) in [6, 6.07) is 6.48. The average molecular weight is 304 g/mol. The van der Waals surface area contributed by atoms with Crippen molar-refractivity contribution < 1.29 is 9.84 Å². The van der Waals surface area contributed by atoms with Crippen LogP contribution < -0.4 is 4.74 Å². The maximum Gasteiger partial charge on any atom is 0.119 e. The molecule has 1 aromatic carbocycles. The van der Waals surface area contributed by atoms with Gasteiger partial charge in [-0.2, -0.15) is 0 Å². The Morgan fingerprint density at radius 1 is 1.36 bits per heavy atom. The van der Waals surface area contributed by atoms with Gasteiger partial charge in [0.05, 0.1) is 13.7 Å². The van der Waals surface area contributed by atoms with Crippen LogP contribution in [0.2, 0.25) is 0 Å². The summed E-state index contributed by atoms with van der Waals surface area (Å²) in [6.45, 7) is 6.40. The topological polar surface area (TPSA) is 48.5 Å². The van der Waals surface area contributed by atoms with Crippen molar-refractivity contribution in [3.05, 3.63) is 30.0 Å². The van der Waals surface area contributed by atoms with Crippen LogP contribution in [0.25, 0.3) is 10.9 Å². The average Bonchev–Trinajstić information content (AvgIpc) is 3.20. The zero-order valence-electron chi connectivity index (χ0n) is 13.9. The van der Waals surface area contributed by atoms with E-state index in [-0.39, 0.29) is 6.61 Å². The number of hydrogen-bond donors (Lipinski definition) is 2.